The molecule has 3 unspecified atom stereocenters. The van der Waals surface area contributed by atoms with Crippen molar-refractivity contribution in [3.05, 3.63) is 99.5 Å². The maximum absolute atomic E-state index is 11.1. The molecular formula is C29H35Cl2NO4. The van der Waals surface area contributed by atoms with Gasteiger partial charge in [0.05, 0.1) is 18.8 Å². The summed E-state index contributed by atoms with van der Waals surface area (Å²) in [5.41, 5.74) is 2.54. The number of rotatable bonds is 14. The third kappa shape index (κ3) is 8.48. The highest BCUT2D eigenvalue weighted by atomic mass is 35.5. The second kappa shape index (κ2) is 14.6. The van der Waals surface area contributed by atoms with Gasteiger partial charge in [0.25, 0.3) is 0 Å². The Balaban J connectivity index is 1.81. The van der Waals surface area contributed by atoms with E-state index >= 15 is 0 Å². The molecule has 0 radical (unpaired) electrons. The van der Waals surface area contributed by atoms with Crippen molar-refractivity contribution in [3.8, 4) is 5.75 Å². The SMILES string of the molecule is CCOCCOc1ccc(C(CC)N(CC(O)c2cccc(Cl)c2)CC(O)c2cccc(Cl)c2)cc1. The Morgan fingerprint density at radius 1 is 0.750 bits per heavy atom. The van der Waals surface area contributed by atoms with Gasteiger partial charge in [0, 0.05) is 35.8 Å². The third-order valence-electron chi connectivity index (χ3n) is 6.07. The van der Waals surface area contributed by atoms with Crippen molar-refractivity contribution in [2.24, 2.45) is 0 Å². The van der Waals surface area contributed by atoms with Crippen molar-refractivity contribution in [1.29, 1.82) is 0 Å². The lowest BCUT2D eigenvalue weighted by atomic mass is 9.99. The average Bonchev–Trinajstić information content (AvgIpc) is 2.87. The van der Waals surface area contributed by atoms with E-state index in [-0.39, 0.29) is 6.04 Å². The van der Waals surface area contributed by atoms with E-state index in [9.17, 15) is 10.2 Å². The lowest BCUT2D eigenvalue weighted by Crippen LogP contribution is -2.36. The van der Waals surface area contributed by atoms with E-state index in [4.69, 9.17) is 32.7 Å². The van der Waals surface area contributed by atoms with Crippen molar-refractivity contribution in [2.45, 2.75) is 38.5 Å². The summed E-state index contributed by atoms with van der Waals surface area (Å²) in [7, 11) is 0. The summed E-state index contributed by atoms with van der Waals surface area (Å²) in [5.74, 6) is 0.776. The van der Waals surface area contributed by atoms with Crippen LogP contribution < -0.4 is 4.74 Å². The van der Waals surface area contributed by atoms with Crippen LogP contribution in [-0.2, 0) is 4.74 Å². The molecule has 3 aromatic carbocycles. The Hall–Kier alpha value is -2.12. The molecule has 3 aromatic rings. The van der Waals surface area contributed by atoms with Gasteiger partial charge >= 0.3 is 0 Å². The topological polar surface area (TPSA) is 62.2 Å². The largest absolute Gasteiger partial charge is 0.491 e. The van der Waals surface area contributed by atoms with Crippen LogP contribution in [0, 0.1) is 0 Å². The Labute approximate surface area is 224 Å². The molecule has 3 rings (SSSR count). The summed E-state index contributed by atoms with van der Waals surface area (Å²) < 4.78 is 11.1. The molecule has 0 aromatic heterocycles. The summed E-state index contributed by atoms with van der Waals surface area (Å²) in [6.07, 6.45) is -0.759. The quantitative estimate of drug-likeness (QED) is 0.228. The zero-order chi connectivity index (χ0) is 25.9. The highest BCUT2D eigenvalue weighted by Gasteiger charge is 2.25. The maximum atomic E-state index is 11.1. The summed E-state index contributed by atoms with van der Waals surface area (Å²) >= 11 is 12.3. The predicted octanol–water partition coefficient (Wildman–Crippen LogP) is 6.63. The first-order chi connectivity index (χ1) is 17.4. The molecule has 0 saturated carbocycles. The van der Waals surface area contributed by atoms with Crippen molar-refractivity contribution >= 4 is 23.2 Å². The number of aliphatic hydroxyl groups is 2. The molecule has 0 aliphatic carbocycles. The fourth-order valence-electron chi connectivity index (χ4n) is 4.27. The number of hydrogen-bond donors (Lipinski definition) is 2. The van der Waals surface area contributed by atoms with Gasteiger partial charge in [-0.1, -0.05) is 66.5 Å². The highest BCUT2D eigenvalue weighted by Crippen LogP contribution is 2.31. The van der Waals surface area contributed by atoms with Crippen LogP contribution in [0.4, 0.5) is 0 Å². The first-order valence-corrected chi connectivity index (χ1v) is 13.1. The summed E-state index contributed by atoms with van der Waals surface area (Å²) in [6.45, 7) is 6.41. The van der Waals surface area contributed by atoms with E-state index in [0.29, 0.717) is 43.0 Å². The van der Waals surface area contributed by atoms with Crippen LogP contribution in [0.1, 0.15) is 55.2 Å². The lowest BCUT2D eigenvalue weighted by Gasteiger charge is -2.35. The second-order valence-electron chi connectivity index (χ2n) is 8.63. The molecule has 36 heavy (non-hydrogen) atoms. The monoisotopic (exact) mass is 531 g/mol. The zero-order valence-corrected chi connectivity index (χ0v) is 22.3. The lowest BCUT2D eigenvalue weighted by molar-refractivity contribution is 0.0421. The molecule has 0 spiro atoms. The smallest absolute Gasteiger partial charge is 0.119 e. The minimum absolute atomic E-state index is 0.0369. The number of ether oxygens (including phenoxy) is 2. The molecule has 0 saturated heterocycles. The molecule has 2 N–H and O–H groups in total. The normalized spacial score (nSPS) is 14.0. The molecule has 0 aliphatic rings. The van der Waals surface area contributed by atoms with Crippen LogP contribution in [0.2, 0.25) is 10.0 Å². The van der Waals surface area contributed by atoms with Gasteiger partial charge in [0.15, 0.2) is 0 Å². The van der Waals surface area contributed by atoms with E-state index in [0.717, 1.165) is 28.9 Å². The van der Waals surface area contributed by atoms with Gasteiger partial charge in [-0.15, -0.1) is 0 Å². The summed E-state index contributed by atoms with van der Waals surface area (Å²) in [6, 6.07) is 22.4. The van der Waals surface area contributed by atoms with Crippen LogP contribution >= 0.6 is 23.2 Å². The minimum Gasteiger partial charge on any atom is -0.491 e. The van der Waals surface area contributed by atoms with Crippen molar-refractivity contribution in [3.63, 3.8) is 0 Å². The van der Waals surface area contributed by atoms with Gasteiger partial charge in [0.1, 0.15) is 12.4 Å². The fourth-order valence-corrected chi connectivity index (χ4v) is 4.66. The van der Waals surface area contributed by atoms with Gasteiger partial charge in [-0.2, -0.15) is 0 Å². The molecular weight excluding hydrogens is 497 g/mol. The van der Waals surface area contributed by atoms with E-state index in [2.05, 4.69) is 11.8 Å². The summed E-state index contributed by atoms with van der Waals surface area (Å²) in [4.78, 5) is 2.11. The van der Waals surface area contributed by atoms with Gasteiger partial charge < -0.3 is 19.7 Å². The molecule has 194 valence electrons. The van der Waals surface area contributed by atoms with E-state index in [1.807, 2.05) is 55.5 Å². The Morgan fingerprint density at radius 3 is 1.78 bits per heavy atom. The highest BCUT2D eigenvalue weighted by molar-refractivity contribution is 6.30. The van der Waals surface area contributed by atoms with E-state index in [1.54, 1.807) is 24.3 Å². The first-order valence-electron chi connectivity index (χ1n) is 12.3. The standard InChI is InChI=1S/C29H35Cl2NO4/c1-3-27(21-11-13-26(14-12-21)36-16-15-35-4-2)32(19-28(33)22-7-5-9-24(30)17-22)20-29(34)23-8-6-10-25(31)18-23/h5-14,17-18,27-29,33-34H,3-4,15-16,19-20H2,1-2H3. The second-order valence-corrected chi connectivity index (χ2v) is 9.51. The van der Waals surface area contributed by atoms with Crippen LogP contribution in [0.15, 0.2) is 72.8 Å². The van der Waals surface area contributed by atoms with Gasteiger partial charge in [-0.3, -0.25) is 4.90 Å². The van der Waals surface area contributed by atoms with Crippen LogP contribution in [0.5, 0.6) is 5.75 Å². The molecule has 3 atom stereocenters. The molecule has 7 heteroatoms. The number of hydrogen-bond acceptors (Lipinski definition) is 5. The average molecular weight is 533 g/mol. The molecule has 0 bridgehead atoms. The van der Waals surface area contributed by atoms with E-state index < -0.39 is 12.2 Å². The Kier molecular flexibility index (Phi) is 11.5. The van der Waals surface area contributed by atoms with Crippen LogP contribution in [-0.4, -0.2) is 48.0 Å². The number of benzene rings is 3. The zero-order valence-electron chi connectivity index (χ0n) is 20.8. The fraction of sp³-hybridized carbons (Fsp3) is 0.379. The van der Waals surface area contributed by atoms with Crippen molar-refractivity contribution in [2.75, 3.05) is 32.9 Å². The first kappa shape index (κ1) is 28.5. The van der Waals surface area contributed by atoms with Crippen molar-refractivity contribution < 1.29 is 19.7 Å². The number of halogens is 2. The Bertz CT molecular complexity index is 1010. The molecule has 0 fully saturated rings. The van der Waals surface area contributed by atoms with E-state index in [1.165, 1.54) is 0 Å². The third-order valence-corrected chi connectivity index (χ3v) is 6.54. The molecule has 0 aliphatic heterocycles. The number of nitrogens with zero attached hydrogens (tertiary/aromatic N) is 1. The van der Waals surface area contributed by atoms with Gasteiger partial charge in [-0.25, -0.2) is 0 Å². The molecule has 0 heterocycles. The maximum Gasteiger partial charge on any atom is 0.119 e. The molecule has 0 amide bonds. The van der Waals surface area contributed by atoms with Gasteiger partial charge in [0.2, 0.25) is 0 Å². The Morgan fingerprint density at radius 2 is 1.31 bits per heavy atom. The van der Waals surface area contributed by atoms with Crippen molar-refractivity contribution in [1.82, 2.24) is 4.90 Å². The minimum atomic E-state index is -0.773. The molecule has 5 nitrogen and oxygen atoms in total. The van der Waals surface area contributed by atoms with Crippen LogP contribution in [0.3, 0.4) is 0 Å². The summed E-state index contributed by atoms with van der Waals surface area (Å²) in [5, 5.41) is 23.3. The van der Waals surface area contributed by atoms with Crippen LogP contribution in [0.25, 0.3) is 0 Å². The van der Waals surface area contributed by atoms with Gasteiger partial charge in [-0.05, 0) is 66.4 Å². The predicted molar refractivity (Wildman–Crippen MR) is 146 cm³/mol. The number of aliphatic hydroxyl groups excluding tert-OH is 2.